The molecule has 0 aromatic carbocycles. The minimum absolute atomic E-state index is 0.00527. The van der Waals surface area contributed by atoms with Gasteiger partial charge in [0.25, 0.3) is 0 Å². The predicted molar refractivity (Wildman–Crippen MR) is 101 cm³/mol. The Labute approximate surface area is 157 Å². The fourth-order valence-electron chi connectivity index (χ4n) is 6.55. The molecule has 0 radical (unpaired) electrons. The van der Waals surface area contributed by atoms with E-state index in [2.05, 4.69) is 34.3 Å². The van der Waals surface area contributed by atoms with E-state index in [1.165, 1.54) is 6.92 Å². The van der Waals surface area contributed by atoms with E-state index in [9.17, 15) is 9.59 Å². The zero-order valence-corrected chi connectivity index (χ0v) is 17.2. The Hall–Kier alpha value is -1.16. The largest absolute Gasteiger partial charge is 0.462 e. The highest BCUT2D eigenvalue weighted by Crippen LogP contribution is 2.65. The maximum Gasteiger partial charge on any atom is 0.302 e. The number of ether oxygens (including phenoxy) is 2. The second-order valence-electron chi connectivity index (χ2n) is 9.96. The number of Topliss-reactive ketones (excluding diaryl/α,β-unsaturated/α-hetero) is 1. The maximum absolute atomic E-state index is 12.9. The van der Waals surface area contributed by atoms with Gasteiger partial charge >= 0.3 is 5.97 Å². The normalized spacial score (nSPS) is 47.5. The molecule has 4 heteroatoms. The van der Waals surface area contributed by atoms with Crippen LogP contribution in [0, 0.1) is 22.7 Å². The van der Waals surface area contributed by atoms with Crippen molar-refractivity contribution in [2.24, 2.45) is 22.7 Å². The van der Waals surface area contributed by atoms with E-state index in [4.69, 9.17) is 9.47 Å². The van der Waals surface area contributed by atoms with Gasteiger partial charge in [0.2, 0.25) is 0 Å². The van der Waals surface area contributed by atoms with Crippen molar-refractivity contribution in [3.05, 3.63) is 12.7 Å². The lowest BCUT2D eigenvalue weighted by Crippen LogP contribution is -2.66. The number of hydrogen-bond acceptors (Lipinski definition) is 4. The molecule has 0 amide bonds. The van der Waals surface area contributed by atoms with Crippen LogP contribution in [0.15, 0.2) is 12.7 Å². The minimum Gasteiger partial charge on any atom is -0.462 e. The molecule has 26 heavy (non-hydrogen) atoms. The molecule has 0 aromatic rings. The first-order chi connectivity index (χ1) is 11.9. The van der Waals surface area contributed by atoms with Gasteiger partial charge in [0.1, 0.15) is 11.7 Å². The lowest BCUT2D eigenvalue weighted by Gasteiger charge is -2.65. The van der Waals surface area contributed by atoms with Gasteiger partial charge in [-0.15, -0.1) is 0 Å². The van der Waals surface area contributed by atoms with Crippen LogP contribution in [-0.2, 0) is 19.1 Å². The summed E-state index contributed by atoms with van der Waals surface area (Å²) in [5.74, 6) is 0.518. The molecule has 2 aliphatic carbocycles. The van der Waals surface area contributed by atoms with E-state index in [1.54, 1.807) is 6.08 Å². The molecule has 2 saturated carbocycles. The van der Waals surface area contributed by atoms with Crippen LogP contribution in [0.4, 0.5) is 0 Å². The summed E-state index contributed by atoms with van der Waals surface area (Å²) in [5.41, 5.74) is -1.29. The number of ketones is 1. The summed E-state index contributed by atoms with van der Waals surface area (Å²) in [6, 6.07) is 0. The zero-order valence-electron chi connectivity index (χ0n) is 17.2. The first kappa shape index (κ1) is 19.6. The third-order valence-electron chi connectivity index (χ3n) is 8.02. The highest BCUT2D eigenvalue weighted by molar-refractivity contribution is 5.90. The molecule has 6 atom stereocenters. The molecular formula is C22H34O4. The van der Waals surface area contributed by atoms with E-state index in [0.717, 1.165) is 25.7 Å². The Bertz CT molecular complexity index is 638. The average molecular weight is 363 g/mol. The van der Waals surface area contributed by atoms with Crippen molar-refractivity contribution in [1.29, 1.82) is 0 Å². The van der Waals surface area contributed by atoms with Gasteiger partial charge in [-0.25, -0.2) is 0 Å². The second-order valence-corrected chi connectivity index (χ2v) is 9.96. The molecule has 146 valence electrons. The van der Waals surface area contributed by atoms with E-state index < -0.39 is 5.60 Å². The van der Waals surface area contributed by atoms with Crippen molar-refractivity contribution >= 4 is 11.8 Å². The van der Waals surface area contributed by atoms with E-state index >= 15 is 0 Å². The van der Waals surface area contributed by atoms with Crippen LogP contribution in [0.3, 0.4) is 0 Å². The van der Waals surface area contributed by atoms with Gasteiger partial charge < -0.3 is 9.47 Å². The molecule has 4 nitrogen and oxygen atoms in total. The molecule has 0 N–H and O–H groups in total. The van der Waals surface area contributed by atoms with E-state index in [-0.39, 0.29) is 40.2 Å². The quantitative estimate of drug-likeness (QED) is 0.537. The topological polar surface area (TPSA) is 52.6 Å². The number of carbonyl (C=O) groups excluding carboxylic acids is 2. The maximum atomic E-state index is 12.9. The summed E-state index contributed by atoms with van der Waals surface area (Å²) in [6.45, 7) is 16.1. The molecule has 0 bridgehead atoms. The van der Waals surface area contributed by atoms with Crippen molar-refractivity contribution in [3.63, 3.8) is 0 Å². The smallest absolute Gasteiger partial charge is 0.302 e. The Kier molecular flexibility index (Phi) is 4.46. The van der Waals surface area contributed by atoms with Crippen LogP contribution in [0.25, 0.3) is 0 Å². The third kappa shape index (κ3) is 2.67. The minimum atomic E-state index is -0.876. The second kappa shape index (κ2) is 5.92. The van der Waals surface area contributed by atoms with Crippen LogP contribution in [0.1, 0.15) is 73.6 Å². The van der Waals surface area contributed by atoms with E-state index in [0.29, 0.717) is 12.3 Å². The molecule has 1 heterocycles. The lowest BCUT2D eigenvalue weighted by atomic mass is 9.43. The highest BCUT2D eigenvalue weighted by Gasteiger charge is 2.65. The van der Waals surface area contributed by atoms with Gasteiger partial charge in [0.15, 0.2) is 5.78 Å². The highest BCUT2D eigenvalue weighted by atomic mass is 16.5. The van der Waals surface area contributed by atoms with Gasteiger partial charge in [-0.05, 0) is 50.9 Å². The van der Waals surface area contributed by atoms with Gasteiger partial charge in [-0.1, -0.05) is 33.4 Å². The Morgan fingerprint density at radius 3 is 2.38 bits per heavy atom. The van der Waals surface area contributed by atoms with Gasteiger partial charge in [0, 0.05) is 24.7 Å². The first-order valence-electron chi connectivity index (χ1n) is 9.93. The Morgan fingerprint density at radius 2 is 1.81 bits per heavy atom. The summed E-state index contributed by atoms with van der Waals surface area (Å²) in [4.78, 5) is 24.4. The molecule has 0 spiro atoms. The molecule has 0 aromatic heterocycles. The molecule has 1 aliphatic heterocycles. The summed E-state index contributed by atoms with van der Waals surface area (Å²) < 4.78 is 12.1. The fraction of sp³-hybridized carbons (Fsp3) is 0.818. The summed E-state index contributed by atoms with van der Waals surface area (Å²) >= 11 is 0. The summed E-state index contributed by atoms with van der Waals surface area (Å²) in [7, 11) is 0. The van der Waals surface area contributed by atoms with Crippen molar-refractivity contribution in [2.45, 2.75) is 91.0 Å². The molecular weight excluding hydrogens is 328 g/mol. The summed E-state index contributed by atoms with van der Waals surface area (Å²) in [6.07, 6.45) is 5.90. The van der Waals surface area contributed by atoms with Crippen molar-refractivity contribution in [2.75, 3.05) is 0 Å². The zero-order chi connectivity index (χ0) is 19.5. The van der Waals surface area contributed by atoms with Crippen LogP contribution in [0.5, 0.6) is 0 Å². The number of carbonyl (C=O) groups is 2. The standard InChI is InChI=1S/C22H34O4/c1-8-21(6)17(24)13-16-20(5)11-10-18(25-14(2)23)19(3,4)15(20)9-12-22(16,7)26-21/h8,15-16,18H,1,9-13H2,2-7H3/t15-,16+,18-,20-,21+,22+/m1/s1. The summed E-state index contributed by atoms with van der Waals surface area (Å²) in [5, 5.41) is 0. The Balaban J connectivity index is 1.95. The molecule has 0 unspecified atom stereocenters. The monoisotopic (exact) mass is 362 g/mol. The SMILES string of the molecule is C=C[C@]1(C)O[C@@]2(C)CC[C@@H]3C(C)(C)[C@H](OC(C)=O)CC[C@@]3(C)[C@@H]2CC1=O. The number of fused-ring (bicyclic) bond motifs is 3. The van der Waals surface area contributed by atoms with Crippen molar-refractivity contribution in [3.8, 4) is 0 Å². The molecule has 3 rings (SSSR count). The molecule has 3 fully saturated rings. The van der Waals surface area contributed by atoms with Crippen LogP contribution < -0.4 is 0 Å². The number of esters is 1. The predicted octanol–water partition coefficient (Wildman–Crippen LogP) is 4.46. The first-order valence-corrected chi connectivity index (χ1v) is 9.93. The number of hydrogen-bond donors (Lipinski definition) is 0. The fourth-order valence-corrected chi connectivity index (χ4v) is 6.55. The van der Waals surface area contributed by atoms with Crippen LogP contribution >= 0.6 is 0 Å². The molecule has 3 aliphatic rings. The van der Waals surface area contributed by atoms with Crippen molar-refractivity contribution in [1.82, 2.24) is 0 Å². The third-order valence-corrected chi connectivity index (χ3v) is 8.02. The Morgan fingerprint density at radius 1 is 1.15 bits per heavy atom. The van der Waals surface area contributed by atoms with E-state index in [1.807, 2.05) is 6.92 Å². The van der Waals surface area contributed by atoms with Gasteiger partial charge in [0.05, 0.1) is 5.60 Å². The molecule has 1 saturated heterocycles. The van der Waals surface area contributed by atoms with Crippen molar-refractivity contribution < 1.29 is 19.1 Å². The lowest BCUT2D eigenvalue weighted by molar-refractivity contribution is -0.253. The number of rotatable bonds is 2. The average Bonchev–Trinajstić information content (AvgIpc) is 2.52. The van der Waals surface area contributed by atoms with Crippen LogP contribution in [0.2, 0.25) is 0 Å². The van der Waals surface area contributed by atoms with Crippen LogP contribution in [-0.4, -0.2) is 29.1 Å². The van der Waals surface area contributed by atoms with Gasteiger partial charge in [-0.2, -0.15) is 0 Å². The van der Waals surface area contributed by atoms with Gasteiger partial charge in [-0.3, -0.25) is 9.59 Å².